The van der Waals surface area contributed by atoms with Crippen molar-refractivity contribution in [1.29, 1.82) is 0 Å². The summed E-state index contributed by atoms with van der Waals surface area (Å²) in [6.07, 6.45) is 4.56. The highest BCUT2D eigenvalue weighted by Gasteiger charge is 2.43. The van der Waals surface area contributed by atoms with Gasteiger partial charge in [0, 0.05) is 28.5 Å². The van der Waals surface area contributed by atoms with Gasteiger partial charge in [0.1, 0.15) is 11.4 Å². The molecule has 0 saturated heterocycles. The second-order valence-electron chi connectivity index (χ2n) is 11.8. The first kappa shape index (κ1) is 24.0. The molecule has 198 valence electrons. The van der Waals surface area contributed by atoms with Crippen molar-refractivity contribution in [2.24, 2.45) is 5.92 Å². The number of hydrogen-bond acceptors (Lipinski definition) is 5. The second-order valence-corrected chi connectivity index (χ2v) is 11.8. The van der Waals surface area contributed by atoms with E-state index in [9.17, 15) is 14.7 Å². The largest absolute Gasteiger partial charge is 0.383 e. The van der Waals surface area contributed by atoms with Gasteiger partial charge in [-0.3, -0.25) is 9.59 Å². The molecule has 4 aliphatic rings. The Morgan fingerprint density at radius 3 is 2.79 bits per heavy atom. The summed E-state index contributed by atoms with van der Waals surface area (Å²) in [7, 11) is 0. The number of amides is 1. The monoisotopic (exact) mass is 517 g/mol. The van der Waals surface area contributed by atoms with Crippen LogP contribution in [0.15, 0.2) is 16.9 Å². The number of nitrogens with one attached hydrogen (secondary N) is 1. The average molecular weight is 518 g/mol. The molecule has 4 heterocycles. The van der Waals surface area contributed by atoms with Gasteiger partial charge in [0.25, 0.3) is 5.56 Å². The summed E-state index contributed by atoms with van der Waals surface area (Å²) in [5.41, 5.74) is 4.09. The SMILES string of the molecule is CC[C@@]1(O)COCc2c1cc1n(c2=O)Cc2c-1nc1cc(F)c(C)c3c1c2[C@](C)(NC(=O)C1CCC1)CC3. The van der Waals surface area contributed by atoms with Crippen LogP contribution in [0, 0.1) is 18.7 Å². The molecule has 0 unspecified atom stereocenters. The van der Waals surface area contributed by atoms with Gasteiger partial charge in [-0.05, 0) is 74.3 Å². The van der Waals surface area contributed by atoms with Gasteiger partial charge in [-0.1, -0.05) is 13.3 Å². The van der Waals surface area contributed by atoms with E-state index in [0.717, 1.165) is 41.3 Å². The summed E-state index contributed by atoms with van der Waals surface area (Å²) in [4.78, 5) is 31.9. The van der Waals surface area contributed by atoms with Gasteiger partial charge in [0.2, 0.25) is 5.91 Å². The minimum Gasteiger partial charge on any atom is -0.383 e. The van der Waals surface area contributed by atoms with Crippen LogP contribution < -0.4 is 10.9 Å². The van der Waals surface area contributed by atoms with E-state index in [1.807, 2.05) is 13.0 Å². The van der Waals surface area contributed by atoms with Crippen molar-refractivity contribution in [1.82, 2.24) is 14.9 Å². The zero-order chi connectivity index (χ0) is 26.6. The van der Waals surface area contributed by atoms with Crippen LogP contribution >= 0.6 is 0 Å². The van der Waals surface area contributed by atoms with Crippen LogP contribution in [-0.2, 0) is 40.2 Å². The molecular weight excluding hydrogens is 485 g/mol. The van der Waals surface area contributed by atoms with Crippen LogP contribution in [0.3, 0.4) is 0 Å². The molecule has 2 atom stereocenters. The predicted molar refractivity (Wildman–Crippen MR) is 140 cm³/mol. The van der Waals surface area contributed by atoms with Gasteiger partial charge >= 0.3 is 0 Å². The van der Waals surface area contributed by atoms with E-state index in [4.69, 9.17) is 9.72 Å². The van der Waals surface area contributed by atoms with Crippen LogP contribution in [-0.4, -0.2) is 27.2 Å². The normalized spacial score (nSPS) is 25.5. The van der Waals surface area contributed by atoms with Gasteiger partial charge in [0.15, 0.2) is 0 Å². The van der Waals surface area contributed by atoms with Crippen LogP contribution in [0.2, 0.25) is 0 Å². The van der Waals surface area contributed by atoms with Crippen LogP contribution in [0.25, 0.3) is 22.3 Å². The van der Waals surface area contributed by atoms with Crippen molar-refractivity contribution in [3.8, 4) is 11.4 Å². The number of aliphatic hydroxyl groups is 1. The van der Waals surface area contributed by atoms with Crippen LogP contribution in [0.4, 0.5) is 4.39 Å². The van der Waals surface area contributed by atoms with E-state index in [-0.39, 0.29) is 36.4 Å². The van der Waals surface area contributed by atoms with Crippen LogP contribution in [0.1, 0.15) is 79.3 Å². The number of hydrogen-bond donors (Lipinski definition) is 2. The lowest BCUT2D eigenvalue weighted by Crippen LogP contribution is -2.49. The molecule has 7 rings (SSSR count). The molecule has 2 aliphatic heterocycles. The van der Waals surface area contributed by atoms with Crippen molar-refractivity contribution in [2.45, 2.75) is 83.6 Å². The molecule has 2 aromatic heterocycles. The number of aryl methyl sites for hydroxylation is 1. The quantitative estimate of drug-likeness (QED) is 0.427. The third kappa shape index (κ3) is 3.10. The highest BCUT2D eigenvalue weighted by molar-refractivity contribution is 5.94. The molecule has 0 radical (unpaired) electrons. The Balaban J connectivity index is 1.50. The van der Waals surface area contributed by atoms with E-state index in [2.05, 4.69) is 12.2 Å². The third-order valence-electron chi connectivity index (χ3n) is 9.64. The number of fused-ring (bicyclic) bond motifs is 5. The number of rotatable bonds is 3. The number of carbonyl (C=O) groups is 1. The number of nitrogens with zero attached hydrogens (tertiary/aromatic N) is 2. The molecule has 1 aromatic carbocycles. The molecule has 7 nitrogen and oxygen atoms in total. The average Bonchev–Trinajstić information content (AvgIpc) is 3.21. The maximum absolute atomic E-state index is 15.1. The lowest BCUT2D eigenvalue weighted by Gasteiger charge is -2.40. The maximum Gasteiger partial charge on any atom is 0.257 e. The molecule has 1 saturated carbocycles. The lowest BCUT2D eigenvalue weighted by molar-refractivity contribution is -0.129. The van der Waals surface area contributed by atoms with E-state index in [1.54, 1.807) is 11.5 Å². The predicted octanol–water partition coefficient (Wildman–Crippen LogP) is 4.08. The maximum atomic E-state index is 15.1. The van der Waals surface area contributed by atoms with E-state index in [0.29, 0.717) is 59.4 Å². The molecule has 1 fully saturated rings. The summed E-state index contributed by atoms with van der Waals surface area (Å²) in [5, 5.41) is 15.6. The molecule has 1 amide bonds. The fraction of sp³-hybridized carbons (Fsp3) is 0.500. The third-order valence-corrected chi connectivity index (χ3v) is 9.64. The summed E-state index contributed by atoms with van der Waals surface area (Å²) >= 11 is 0. The highest BCUT2D eigenvalue weighted by atomic mass is 19.1. The molecular formula is C30H32FN3O4. The summed E-state index contributed by atoms with van der Waals surface area (Å²) in [6, 6.07) is 3.35. The van der Waals surface area contributed by atoms with Gasteiger partial charge in [-0.2, -0.15) is 0 Å². The topological polar surface area (TPSA) is 93.4 Å². The minimum atomic E-state index is -1.25. The van der Waals surface area contributed by atoms with Gasteiger partial charge in [0.05, 0.1) is 42.2 Å². The molecule has 38 heavy (non-hydrogen) atoms. The standard InChI is InChI=1S/C30H32FN3O4/c1-4-30(37)14-38-13-19-20(30)10-23-26-18(12-34(23)28(19)36)25-24-17(15(2)21(31)11-22(24)32-26)8-9-29(25,3)33-27(35)16-6-5-7-16/h10-11,16,37H,4-9,12-14H2,1-3H3,(H,33,35)/t29-,30-/m1/s1. The Kier molecular flexibility index (Phi) is 5.02. The number of aromatic nitrogens is 2. The number of ether oxygens (including phenoxy) is 1. The first-order valence-electron chi connectivity index (χ1n) is 13.7. The molecule has 3 aromatic rings. The van der Waals surface area contributed by atoms with Crippen molar-refractivity contribution < 1.29 is 19.0 Å². The molecule has 2 N–H and O–H groups in total. The highest BCUT2D eigenvalue weighted by Crippen LogP contribution is 2.48. The fourth-order valence-electron chi connectivity index (χ4n) is 7.02. The zero-order valence-corrected chi connectivity index (χ0v) is 22.0. The number of pyridine rings is 2. The Bertz CT molecular complexity index is 1620. The van der Waals surface area contributed by atoms with Crippen LogP contribution in [0.5, 0.6) is 0 Å². The van der Waals surface area contributed by atoms with E-state index >= 15 is 4.39 Å². The Morgan fingerprint density at radius 1 is 1.29 bits per heavy atom. The summed E-state index contributed by atoms with van der Waals surface area (Å²) < 4.78 is 22.4. The van der Waals surface area contributed by atoms with Crippen molar-refractivity contribution in [3.05, 3.63) is 61.7 Å². The smallest absolute Gasteiger partial charge is 0.257 e. The second kappa shape index (κ2) is 7.96. The van der Waals surface area contributed by atoms with Crippen molar-refractivity contribution >= 4 is 16.8 Å². The zero-order valence-electron chi connectivity index (χ0n) is 22.0. The number of carbonyl (C=O) groups excluding carboxylic acids is 1. The first-order valence-corrected chi connectivity index (χ1v) is 13.7. The first-order chi connectivity index (χ1) is 18.1. The summed E-state index contributed by atoms with van der Waals surface area (Å²) in [6.45, 7) is 6.32. The summed E-state index contributed by atoms with van der Waals surface area (Å²) in [5.74, 6) is -0.203. The Hall–Kier alpha value is -3.10. The molecule has 2 aliphatic carbocycles. The minimum absolute atomic E-state index is 0.0341. The van der Waals surface area contributed by atoms with Crippen molar-refractivity contribution in [3.63, 3.8) is 0 Å². The van der Waals surface area contributed by atoms with E-state index < -0.39 is 11.1 Å². The van der Waals surface area contributed by atoms with Gasteiger partial charge in [-0.15, -0.1) is 0 Å². The van der Waals surface area contributed by atoms with Gasteiger partial charge < -0.3 is 19.7 Å². The fourth-order valence-corrected chi connectivity index (χ4v) is 7.02. The van der Waals surface area contributed by atoms with E-state index in [1.165, 1.54) is 6.07 Å². The Labute approximate surface area is 220 Å². The van der Waals surface area contributed by atoms with Gasteiger partial charge in [-0.25, -0.2) is 9.37 Å². The lowest BCUT2D eigenvalue weighted by atomic mass is 9.73. The Morgan fingerprint density at radius 2 is 2.08 bits per heavy atom. The van der Waals surface area contributed by atoms with Crippen molar-refractivity contribution in [2.75, 3.05) is 6.61 Å². The molecule has 8 heteroatoms. The molecule has 0 spiro atoms. The number of halogens is 1. The number of benzene rings is 1. The molecule has 0 bridgehead atoms.